The predicted molar refractivity (Wildman–Crippen MR) is 117 cm³/mol. The van der Waals surface area contributed by atoms with E-state index in [9.17, 15) is 14.4 Å². The molecule has 168 valence electrons. The predicted octanol–water partition coefficient (Wildman–Crippen LogP) is 3.06. The number of Topliss-reactive ketones (excluding diaryl/α,β-unsaturated/α-hetero) is 1. The van der Waals surface area contributed by atoms with Crippen molar-refractivity contribution in [2.24, 2.45) is 0 Å². The number of nitrogens with zero attached hydrogens (tertiary/aromatic N) is 2. The van der Waals surface area contributed by atoms with Crippen LogP contribution in [0.1, 0.15) is 60.7 Å². The summed E-state index contributed by atoms with van der Waals surface area (Å²) in [6.07, 6.45) is 2.84. The molecular formula is C23H36N2O5. The van der Waals surface area contributed by atoms with Crippen LogP contribution in [0, 0.1) is 0 Å². The lowest BCUT2D eigenvalue weighted by Crippen LogP contribution is -2.50. The highest BCUT2D eigenvalue weighted by atomic mass is 16.5. The molecule has 2 aliphatic rings. The van der Waals surface area contributed by atoms with Gasteiger partial charge in [0.05, 0.1) is 12.0 Å². The first-order chi connectivity index (χ1) is 13.9. The Bertz CT molecular complexity index is 714. The number of rotatable bonds is 2. The first-order valence-corrected chi connectivity index (χ1v) is 10.1. The van der Waals surface area contributed by atoms with Gasteiger partial charge in [0.25, 0.3) is 6.47 Å². The Morgan fingerprint density at radius 3 is 2.13 bits per heavy atom. The molecule has 0 aliphatic carbocycles. The molecule has 30 heavy (non-hydrogen) atoms. The summed E-state index contributed by atoms with van der Waals surface area (Å²) in [7, 11) is 8.08. The third kappa shape index (κ3) is 8.24. The van der Waals surface area contributed by atoms with Crippen LogP contribution in [0.3, 0.4) is 0 Å². The zero-order valence-corrected chi connectivity index (χ0v) is 19.4. The molecule has 0 amide bonds. The number of ketones is 1. The standard InChI is InChI=1S/C15H17NO3.C5H10O2.C3H9N/c1-16-7-5-15(6-8-16)9-12(18)14-11(10-17)3-2-4-13(14)19-15;1-5(2,3)7-4-6;1-4(2)3/h2-4,10H,5-9H2,1H3;4H,1-3H3;1-3H3. The molecule has 0 saturated carbocycles. The minimum atomic E-state index is -0.363. The molecule has 7 heteroatoms. The second-order valence-corrected chi connectivity index (χ2v) is 9.19. The Balaban J connectivity index is 0.000000343. The van der Waals surface area contributed by atoms with Gasteiger partial charge in [-0.15, -0.1) is 0 Å². The Morgan fingerprint density at radius 1 is 1.13 bits per heavy atom. The normalized spacial score (nSPS) is 17.5. The number of carbonyl (C=O) groups excluding carboxylic acids is 3. The van der Waals surface area contributed by atoms with Crippen molar-refractivity contribution in [3.63, 3.8) is 0 Å². The molecule has 0 atom stereocenters. The van der Waals surface area contributed by atoms with Crippen LogP contribution in [-0.2, 0) is 9.53 Å². The number of piperidine rings is 1. The lowest BCUT2D eigenvalue weighted by molar-refractivity contribution is -0.138. The Hall–Kier alpha value is -2.25. The topological polar surface area (TPSA) is 76.2 Å². The van der Waals surface area contributed by atoms with Crippen LogP contribution < -0.4 is 4.74 Å². The number of hydrogen-bond acceptors (Lipinski definition) is 7. The van der Waals surface area contributed by atoms with E-state index in [2.05, 4.69) is 16.7 Å². The highest BCUT2D eigenvalue weighted by Crippen LogP contribution is 2.39. The first kappa shape index (κ1) is 25.8. The molecule has 0 N–H and O–H groups in total. The minimum Gasteiger partial charge on any atom is -0.486 e. The Kier molecular flexibility index (Phi) is 9.65. The molecule has 0 radical (unpaired) electrons. The summed E-state index contributed by atoms with van der Waals surface area (Å²) in [4.78, 5) is 37.2. The van der Waals surface area contributed by atoms with Crippen LogP contribution in [-0.4, -0.2) is 80.8 Å². The number of likely N-dealkylation sites (tertiary alicyclic amines) is 1. The maximum absolute atomic E-state index is 12.4. The van der Waals surface area contributed by atoms with Crippen LogP contribution in [0.2, 0.25) is 0 Å². The number of carbonyl (C=O) groups is 3. The quantitative estimate of drug-likeness (QED) is 0.681. The molecular weight excluding hydrogens is 384 g/mol. The van der Waals surface area contributed by atoms with Gasteiger partial charge < -0.3 is 19.3 Å². The molecule has 0 bridgehead atoms. The van der Waals surface area contributed by atoms with Gasteiger partial charge >= 0.3 is 0 Å². The van der Waals surface area contributed by atoms with Crippen molar-refractivity contribution < 1.29 is 23.9 Å². The molecule has 1 spiro atoms. The Morgan fingerprint density at radius 2 is 1.70 bits per heavy atom. The first-order valence-electron chi connectivity index (χ1n) is 10.1. The van der Waals surface area contributed by atoms with Crippen LogP contribution in [0.4, 0.5) is 0 Å². The molecule has 1 aromatic rings. The molecule has 3 rings (SSSR count). The third-order valence-electron chi connectivity index (χ3n) is 4.57. The molecule has 2 heterocycles. The van der Waals surface area contributed by atoms with E-state index in [4.69, 9.17) is 4.74 Å². The molecule has 7 nitrogen and oxygen atoms in total. The van der Waals surface area contributed by atoms with E-state index in [1.807, 2.05) is 46.8 Å². The molecule has 1 aromatic carbocycles. The van der Waals surface area contributed by atoms with Gasteiger partial charge in [-0.2, -0.15) is 0 Å². The fourth-order valence-electron chi connectivity index (χ4n) is 3.13. The van der Waals surface area contributed by atoms with Gasteiger partial charge in [0.1, 0.15) is 17.0 Å². The van der Waals surface area contributed by atoms with Crippen molar-refractivity contribution >= 4 is 18.5 Å². The molecule has 1 saturated heterocycles. The summed E-state index contributed by atoms with van der Waals surface area (Å²) in [5, 5.41) is 0. The zero-order chi connectivity index (χ0) is 22.9. The average Bonchev–Trinajstić information content (AvgIpc) is 2.63. The van der Waals surface area contributed by atoms with E-state index in [-0.39, 0.29) is 17.0 Å². The summed E-state index contributed by atoms with van der Waals surface area (Å²) in [5.74, 6) is 0.610. The number of fused-ring (bicyclic) bond motifs is 1. The molecule has 0 unspecified atom stereocenters. The fraction of sp³-hybridized carbons (Fsp3) is 0.609. The molecule has 1 fully saturated rings. The smallest absolute Gasteiger partial charge is 0.293 e. The number of benzene rings is 1. The van der Waals surface area contributed by atoms with E-state index in [1.54, 1.807) is 18.2 Å². The Labute approximate surface area is 180 Å². The van der Waals surface area contributed by atoms with Crippen molar-refractivity contribution in [1.82, 2.24) is 9.80 Å². The van der Waals surface area contributed by atoms with Gasteiger partial charge in [0.15, 0.2) is 12.1 Å². The summed E-state index contributed by atoms with van der Waals surface area (Å²) in [6.45, 7) is 7.80. The van der Waals surface area contributed by atoms with E-state index in [0.29, 0.717) is 29.8 Å². The van der Waals surface area contributed by atoms with E-state index in [0.717, 1.165) is 32.2 Å². The summed E-state index contributed by atoms with van der Waals surface area (Å²) in [5.41, 5.74) is 0.215. The second-order valence-electron chi connectivity index (χ2n) is 9.19. The summed E-state index contributed by atoms with van der Waals surface area (Å²) in [6, 6.07) is 5.23. The zero-order valence-electron chi connectivity index (χ0n) is 19.4. The van der Waals surface area contributed by atoms with Crippen LogP contribution in [0.5, 0.6) is 5.75 Å². The second kappa shape index (κ2) is 11.2. The lowest BCUT2D eigenvalue weighted by Gasteiger charge is -2.43. The summed E-state index contributed by atoms with van der Waals surface area (Å²) < 4.78 is 10.7. The van der Waals surface area contributed by atoms with Crippen molar-refractivity contribution in [2.45, 2.75) is 51.2 Å². The average molecular weight is 421 g/mol. The number of ether oxygens (including phenoxy) is 2. The van der Waals surface area contributed by atoms with E-state index < -0.39 is 0 Å². The van der Waals surface area contributed by atoms with Gasteiger partial charge in [-0.05, 0) is 55.0 Å². The highest BCUT2D eigenvalue weighted by molar-refractivity contribution is 6.06. The van der Waals surface area contributed by atoms with Crippen molar-refractivity contribution in [3.8, 4) is 5.75 Å². The van der Waals surface area contributed by atoms with E-state index >= 15 is 0 Å². The van der Waals surface area contributed by atoms with Crippen molar-refractivity contribution in [1.29, 1.82) is 0 Å². The van der Waals surface area contributed by atoms with Gasteiger partial charge in [-0.1, -0.05) is 12.1 Å². The monoisotopic (exact) mass is 420 g/mol. The van der Waals surface area contributed by atoms with Crippen molar-refractivity contribution in [2.75, 3.05) is 41.3 Å². The van der Waals surface area contributed by atoms with Gasteiger partial charge in [0, 0.05) is 31.5 Å². The number of aldehydes is 1. The number of hydrogen-bond donors (Lipinski definition) is 0. The molecule has 0 aromatic heterocycles. The van der Waals surface area contributed by atoms with Gasteiger partial charge in [-0.3, -0.25) is 14.4 Å². The van der Waals surface area contributed by atoms with Crippen molar-refractivity contribution in [3.05, 3.63) is 29.3 Å². The lowest BCUT2D eigenvalue weighted by atomic mass is 9.81. The minimum absolute atomic E-state index is 0.0357. The van der Waals surface area contributed by atoms with Crippen LogP contribution in [0.25, 0.3) is 0 Å². The maximum Gasteiger partial charge on any atom is 0.293 e. The van der Waals surface area contributed by atoms with Crippen LogP contribution in [0.15, 0.2) is 18.2 Å². The van der Waals surface area contributed by atoms with Crippen LogP contribution >= 0.6 is 0 Å². The van der Waals surface area contributed by atoms with Gasteiger partial charge in [-0.25, -0.2) is 0 Å². The SMILES string of the molecule is CC(C)(C)OC=O.CN(C)C.CN1CCC2(CC1)CC(=O)c1c(C=O)cccc1O2. The maximum atomic E-state index is 12.4. The van der Waals surface area contributed by atoms with Gasteiger partial charge in [0.2, 0.25) is 0 Å². The third-order valence-corrected chi connectivity index (χ3v) is 4.57. The molecule has 2 aliphatic heterocycles. The highest BCUT2D eigenvalue weighted by Gasteiger charge is 2.42. The fourth-order valence-corrected chi connectivity index (χ4v) is 3.13. The van der Waals surface area contributed by atoms with E-state index in [1.165, 1.54) is 0 Å². The largest absolute Gasteiger partial charge is 0.486 e. The summed E-state index contributed by atoms with van der Waals surface area (Å²) >= 11 is 0.